The molecule has 0 spiro atoms. The van der Waals surface area contributed by atoms with E-state index < -0.39 is 0 Å². The van der Waals surface area contributed by atoms with Gasteiger partial charge in [-0.25, -0.2) is 0 Å². The van der Waals surface area contributed by atoms with Gasteiger partial charge in [0, 0.05) is 35.5 Å². The van der Waals surface area contributed by atoms with Crippen LogP contribution >= 0.6 is 0 Å². The number of rotatable bonds is 0. The smallest absolute Gasteiger partial charge is 0.134 e. The third-order valence-electron chi connectivity index (χ3n) is 2.47. The molecule has 2 heteroatoms. The van der Waals surface area contributed by atoms with Crippen molar-refractivity contribution < 1.29 is 4.74 Å². The van der Waals surface area contributed by atoms with Gasteiger partial charge in [0.15, 0.2) is 0 Å². The fraction of sp³-hybridized carbons (Fsp3) is 0.0833. The van der Waals surface area contributed by atoms with Gasteiger partial charge in [-0.3, -0.25) is 4.99 Å². The highest BCUT2D eigenvalue weighted by atomic mass is 16.5. The molecule has 0 unspecified atom stereocenters. The van der Waals surface area contributed by atoms with Crippen LogP contribution in [0.4, 0.5) is 0 Å². The highest BCUT2D eigenvalue weighted by Crippen LogP contribution is 2.37. The summed E-state index contributed by atoms with van der Waals surface area (Å²) in [6.45, 7) is 0. The van der Waals surface area contributed by atoms with Crippen LogP contribution in [-0.4, -0.2) is 6.21 Å². The van der Waals surface area contributed by atoms with Crippen molar-refractivity contribution in [2.75, 3.05) is 0 Å². The largest absolute Gasteiger partial charge is 0.464 e. The Morgan fingerprint density at radius 1 is 1.21 bits per heavy atom. The van der Waals surface area contributed by atoms with Gasteiger partial charge >= 0.3 is 0 Å². The Bertz CT molecular complexity index is 469. The molecule has 0 amide bonds. The van der Waals surface area contributed by atoms with E-state index in [4.69, 9.17) is 4.74 Å². The number of benzene rings is 1. The maximum atomic E-state index is 5.53. The molecule has 1 aromatic carbocycles. The first kappa shape index (κ1) is 7.56. The van der Waals surface area contributed by atoms with Crippen LogP contribution in [0.5, 0.6) is 5.75 Å². The summed E-state index contributed by atoms with van der Waals surface area (Å²) in [6.07, 6.45) is 6.48. The minimum absolute atomic E-state index is 0.861. The second-order valence-corrected chi connectivity index (χ2v) is 3.34. The zero-order chi connectivity index (χ0) is 9.38. The summed E-state index contributed by atoms with van der Waals surface area (Å²) in [4.78, 5) is 4.18. The monoisotopic (exact) mass is 183 g/mol. The Balaban J connectivity index is 2.22. The highest BCUT2D eigenvalue weighted by Gasteiger charge is 2.18. The van der Waals surface area contributed by atoms with E-state index in [0.717, 1.165) is 17.7 Å². The Morgan fingerprint density at radius 3 is 3.14 bits per heavy atom. The predicted octanol–water partition coefficient (Wildman–Crippen LogP) is 2.78. The zero-order valence-electron chi connectivity index (χ0n) is 7.60. The van der Waals surface area contributed by atoms with Crippen LogP contribution in [0.1, 0.15) is 12.0 Å². The maximum Gasteiger partial charge on any atom is 0.134 e. The van der Waals surface area contributed by atoms with Gasteiger partial charge in [-0.05, 0) is 6.07 Å². The number of fused-ring (bicyclic) bond motifs is 3. The van der Waals surface area contributed by atoms with E-state index in [1.54, 1.807) is 0 Å². The lowest BCUT2D eigenvalue weighted by molar-refractivity contribution is 0.470. The van der Waals surface area contributed by atoms with Crippen molar-refractivity contribution in [1.29, 1.82) is 0 Å². The van der Waals surface area contributed by atoms with Crippen LogP contribution in [0, 0.1) is 0 Å². The molecule has 2 heterocycles. The Morgan fingerprint density at radius 2 is 2.14 bits per heavy atom. The fourth-order valence-corrected chi connectivity index (χ4v) is 1.75. The third-order valence-corrected chi connectivity index (χ3v) is 2.47. The number of allylic oxidation sites excluding steroid dienone is 2. The minimum atomic E-state index is 0.861. The standard InChI is InChI=1S/C12H9NO/c1-2-4-12-10(3-1)11-7-13-6-5-9(11)8-14-12/h1-4,6-8H,5H2. The number of hydrogen-bond donors (Lipinski definition) is 0. The molecule has 3 rings (SSSR count). The SMILES string of the molecule is C1=NC=C2C(=COc3ccccc32)C1. The van der Waals surface area contributed by atoms with Gasteiger partial charge in [-0.1, -0.05) is 18.2 Å². The van der Waals surface area contributed by atoms with Gasteiger partial charge in [-0.2, -0.15) is 0 Å². The molecule has 2 nitrogen and oxygen atoms in total. The quantitative estimate of drug-likeness (QED) is 0.606. The van der Waals surface area contributed by atoms with E-state index in [9.17, 15) is 0 Å². The lowest BCUT2D eigenvalue weighted by Gasteiger charge is -2.20. The average Bonchev–Trinajstić information content (AvgIpc) is 2.29. The molecule has 0 aromatic heterocycles. The number of para-hydroxylation sites is 1. The van der Waals surface area contributed by atoms with E-state index in [0.29, 0.717) is 0 Å². The number of nitrogens with zero attached hydrogens (tertiary/aromatic N) is 1. The Labute approximate surface area is 82.2 Å². The predicted molar refractivity (Wildman–Crippen MR) is 56.2 cm³/mol. The van der Waals surface area contributed by atoms with E-state index in [-0.39, 0.29) is 0 Å². The fourth-order valence-electron chi connectivity index (χ4n) is 1.75. The second-order valence-electron chi connectivity index (χ2n) is 3.34. The van der Waals surface area contributed by atoms with E-state index >= 15 is 0 Å². The lowest BCUT2D eigenvalue weighted by atomic mass is 9.94. The second kappa shape index (κ2) is 2.84. The molecular weight excluding hydrogens is 174 g/mol. The van der Waals surface area contributed by atoms with Crippen molar-refractivity contribution in [3.63, 3.8) is 0 Å². The molecule has 2 aliphatic rings. The first-order chi connectivity index (χ1) is 6.95. The van der Waals surface area contributed by atoms with Crippen molar-refractivity contribution in [2.24, 2.45) is 4.99 Å². The molecule has 0 bridgehead atoms. The Hall–Kier alpha value is -1.83. The van der Waals surface area contributed by atoms with Gasteiger partial charge in [0.25, 0.3) is 0 Å². The van der Waals surface area contributed by atoms with E-state index in [1.807, 2.05) is 36.9 Å². The summed E-state index contributed by atoms with van der Waals surface area (Å²) < 4.78 is 5.53. The number of ether oxygens (including phenoxy) is 1. The molecular formula is C12H9NO. The van der Waals surface area contributed by atoms with E-state index in [1.165, 1.54) is 11.1 Å². The van der Waals surface area contributed by atoms with Gasteiger partial charge < -0.3 is 4.74 Å². The van der Waals surface area contributed by atoms with Gasteiger partial charge in [0.05, 0.1) is 6.26 Å². The first-order valence-electron chi connectivity index (χ1n) is 4.62. The maximum absolute atomic E-state index is 5.53. The van der Waals surface area contributed by atoms with Gasteiger partial charge in [0.1, 0.15) is 5.75 Å². The molecule has 0 fully saturated rings. The summed E-state index contributed by atoms with van der Waals surface area (Å²) >= 11 is 0. The van der Waals surface area contributed by atoms with Crippen LogP contribution in [-0.2, 0) is 0 Å². The normalized spacial score (nSPS) is 17.4. The molecule has 0 radical (unpaired) electrons. The van der Waals surface area contributed by atoms with Gasteiger partial charge in [0.2, 0.25) is 0 Å². The van der Waals surface area contributed by atoms with Gasteiger partial charge in [-0.15, -0.1) is 0 Å². The van der Waals surface area contributed by atoms with Crippen LogP contribution in [0.2, 0.25) is 0 Å². The molecule has 0 atom stereocenters. The van der Waals surface area contributed by atoms with Crippen molar-refractivity contribution in [3.8, 4) is 5.75 Å². The zero-order valence-corrected chi connectivity index (χ0v) is 7.60. The molecule has 2 aliphatic heterocycles. The van der Waals surface area contributed by atoms with Crippen molar-refractivity contribution in [3.05, 3.63) is 47.9 Å². The summed E-state index contributed by atoms with van der Waals surface area (Å²) in [6, 6.07) is 8.03. The van der Waals surface area contributed by atoms with Crippen molar-refractivity contribution >= 4 is 11.8 Å². The summed E-state index contributed by atoms with van der Waals surface area (Å²) in [5, 5.41) is 0. The van der Waals surface area contributed by atoms with Crippen LogP contribution in [0.3, 0.4) is 0 Å². The molecule has 14 heavy (non-hydrogen) atoms. The number of aliphatic imine (C=N–C) groups is 1. The molecule has 0 saturated heterocycles. The topological polar surface area (TPSA) is 21.6 Å². The molecule has 0 saturated carbocycles. The van der Waals surface area contributed by atoms with Crippen LogP contribution in [0.25, 0.3) is 5.57 Å². The van der Waals surface area contributed by atoms with Crippen molar-refractivity contribution in [2.45, 2.75) is 6.42 Å². The molecule has 0 N–H and O–H groups in total. The molecule has 68 valence electrons. The molecule has 1 aromatic rings. The van der Waals surface area contributed by atoms with Crippen LogP contribution < -0.4 is 4.74 Å². The summed E-state index contributed by atoms with van der Waals surface area (Å²) in [7, 11) is 0. The summed E-state index contributed by atoms with van der Waals surface area (Å²) in [5.74, 6) is 0.916. The van der Waals surface area contributed by atoms with Crippen LogP contribution in [0.15, 0.2) is 47.3 Å². The lowest BCUT2D eigenvalue weighted by Crippen LogP contribution is -2.04. The van der Waals surface area contributed by atoms with E-state index in [2.05, 4.69) is 11.1 Å². The third kappa shape index (κ3) is 1.01. The van der Waals surface area contributed by atoms with Crippen molar-refractivity contribution in [1.82, 2.24) is 0 Å². The average molecular weight is 183 g/mol. The molecule has 0 aliphatic carbocycles. The first-order valence-corrected chi connectivity index (χ1v) is 4.62. The number of hydrogen-bond acceptors (Lipinski definition) is 2. The minimum Gasteiger partial charge on any atom is -0.464 e. The summed E-state index contributed by atoms with van der Waals surface area (Å²) in [5.41, 5.74) is 3.54. The highest BCUT2D eigenvalue weighted by molar-refractivity contribution is 5.89. The Kier molecular flexibility index (Phi) is 1.53.